The molecule has 7 heteroatoms. The van der Waals surface area contributed by atoms with Crippen molar-refractivity contribution in [2.45, 2.75) is 63.8 Å². The van der Waals surface area contributed by atoms with Gasteiger partial charge in [0.25, 0.3) is 0 Å². The summed E-state index contributed by atoms with van der Waals surface area (Å²) in [4.78, 5) is 4.52. The molecule has 1 fully saturated rings. The van der Waals surface area contributed by atoms with Gasteiger partial charge in [-0.3, -0.25) is 0 Å². The van der Waals surface area contributed by atoms with E-state index in [0.29, 0.717) is 25.8 Å². The fraction of sp³-hybridized carbons (Fsp3) is 0.875. The van der Waals surface area contributed by atoms with E-state index in [2.05, 4.69) is 22.3 Å². The van der Waals surface area contributed by atoms with Crippen LogP contribution in [0.15, 0.2) is 0 Å². The summed E-state index contributed by atoms with van der Waals surface area (Å²) in [5.41, 5.74) is 0. The summed E-state index contributed by atoms with van der Waals surface area (Å²) >= 11 is 0. The molecule has 1 saturated heterocycles. The Hall–Kier alpha value is -1.02. The highest BCUT2D eigenvalue weighted by Crippen LogP contribution is 2.14. The minimum absolute atomic E-state index is 0.215. The van der Waals surface area contributed by atoms with Gasteiger partial charge >= 0.3 is 0 Å². The van der Waals surface area contributed by atoms with Gasteiger partial charge in [-0.2, -0.15) is 5.10 Å². The van der Waals surface area contributed by atoms with Crippen molar-refractivity contribution in [3.05, 3.63) is 11.6 Å². The predicted molar refractivity (Wildman–Crippen MR) is 85.3 cm³/mol. The molecule has 3 unspecified atom stereocenters. The lowest BCUT2D eigenvalue weighted by molar-refractivity contribution is -0.0171. The van der Waals surface area contributed by atoms with Crippen molar-refractivity contribution in [2.75, 3.05) is 26.4 Å². The SMILES string of the molecule is CCc1nc2n(n1)CC(NCC(O)COCC1CCCO1)CC2. The highest BCUT2D eigenvalue weighted by Gasteiger charge is 2.22. The molecule has 2 aliphatic rings. The van der Waals surface area contributed by atoms with Crippen LogP contribution in [0.5, 0.6) is 0 Å². The van der Waals surface area contributed by atoms with Crippen molar-refractivity contribution < 1.29 is 14.6 Å². The van der Waals surface area contributed by atoms with E-state index in [1.807, 2.05) is 4.68 Å². The van der Waals surface area contributed by atoms with Gasteiger partial charge < -0.3 is 19.9 Å². The van der Waals surface area contributed by atoms with Crippen LogP contribution in [0.1, 0.15) is 37.8 Å². The van der Waals surface area contributed by atoms with Crippen molar-refractivity contribution in [2.24, 2.45) is 0 Å². The number of hydrogen-bond donors (Lipinski definition) is 2. The summed E-state index contributed by atoms with van der Waals surface area (Å²) in [5, 5.41) is 18.0. The van der Waals surface area contributed by atoms with Crippen LogP contribution in [0, 0.1) is 0 Å². The highest BCUT2D eigenvalue weighted by atomic mass is 16.5. The molecule has 1 aromatic rings. The second-order valence-corrected chi connectivity index (χ2v) is 6.45. The average molecular weight is 324 g/mol. The number of aromatic nitrogens is 3. The molecule has 1 aromatic heterocycles. The van der Waals surface area contributed by atoms with Crippen molar-refractivity contribution in [1.82, 2.24) is 20.1 Å². The molecule has 130 valence electrons. The number of aryl methyl sites for hydroxylation is 2. The lowest BCUT2D eigenvalue weighted by Gasteiger charge is -2.25. The molecule has 3 atom stereocenters. The molecule has 3 rings (SSSR count). The molecule has 23 heavy (non-hydrogen) atoms. The third kappa shape index (κ3) is 4.73. The Morgan fingerprint density at radius 2 is 2.39 bits per heavy atom. The molecule has 0 bridgehead atoms. The molecule has 2 N–H and O–H groups in total. The van der Waals surface area contributed by atoms with E-state index in [1.165, 1.54) is 0 Å². The van der Waals surface area contributed by atoms with Gasteiger partial charge in [0.05, 0.1) is 32.0 Å². The molecule has 3 heterocycles. The number of nitrogens with zero attached hydrogens (tertiary/aromatic N) is 3. The second kappa shape index (κ2) is 8.19. The smallest absolute Gasteiger partial charge is 0.150 e. The van der Waals surface area contributed by atoms with E-state index in [0.717, 1.165) is 56.9 Å². The van der Waals surface area contributed by atoms with Crippen LogP contribution in [-0.4, -0.2) is 64.5 Å². The fourth-order valence-corrected chi connectivity index (χ4v) is 3.15. The van der Waals surface area contributed by atoms with E-state index < -0.39 is 6.10 Å². The van der Waals surface area contributed by atoms with E-state index >= 15 is 0 Å². The lowest BCUT2D eigenvalue weighted by atomic mass is 10.1. The van der Waals surface area contributed by atoms with Gasteiger partial charge in [-0.15, -0.1) is 0 Å². The van der Waals surface area contributed by atoms with Crippen molar-refractivity contribution in [3.8, 4) is 0 Å². The van der Waals surface area contributed by atoms with Crippen molar-refractivity contribution in [3.63, 3.8) is 0 Å². The zero-order valence-corrected chi connectivity index (χ0v) is 13.9. The molecular weight excluding hydrogens is 296 g/mol. The van der Waals surface area contributed by atoms with Crippen molar-refractivity contribution in [1.29, 1.82) is 0 Å². The molecule has 0 amide bonds. The molecule has 0 saturated carbocycles. The van der Waals surface area contributed by atoms with Crippen LogP contribution >= 0.6 is 0 Å². The van der Waals surface area contributed by atoms with Gasteiger partial charge in [0.15, 0.2) is 5.82 Å². The Morgan fingerprint density at radius 1 is 1.48 bits per heavy atom. The first-order chi connectivity index (χ1) is 11.2. The maximum atomic E-state index is 10.0. The molecule has 2 aliphatic heterocycles. The molecule has 0 spiro atoms. The number of hydrogen-bond acceptors (Lipinski definition) is 6. The van der Waals surface area contributed by atoms with Gasteiger partial charge in [-0.1, -0.05) is 6.92 Å². The van der Waals surface area contributed by atoms with Gasteiger partial charge in [-0.05, 0) is 19.3 Å². The molecular formula is C16H28N4O3. The third-order valence-electron chi connectivity index (χ3n) is 4.50. The minimum atomic E-state index is -0.486. The number of nitrogens with one attached hydrogen (secondary N) is 1. The van der Waals surface area contributed by atoms with E-state index in [-0.39, 0.29) is 6.10 Å². The minimum Gasteiger partial charge on any atom is -0.389 e. The second-order valence-electron chi connectivity index (χ2n) is 6.45. The summed E-state index contributed by atoms with van der Waals surface area (Å²) < 4.78 is 13.0. The Balaban J connectivity index is 1.33. The third-order valence-corrected chi connectivity index (χ3v) is 4.50. The fourth-order valence-electron chi connectivity index (χ4n) is 3.15. The standard InChI is InChI=1S/C16H28N4O3/c1-2-15-18-16-6-5-12(9-20(16)19-15)17-8-13(21)10-22-11-14-4-3-7-23-14/h12-14,17,21H,2-11H2,1H3. The van der Waals surface area contributed by atoms with E-state index in [4.69, 9.17) is 9.47 Å². The van der Waals surface area contributed by atoms with Gasteiger partial charge in [0.2, 0.25) is 0 Å². The van der Waals surface area contributed by atoms with E-state index in [9.17, 15) is 5.11 Å². The number of fused-ring (bicyclic) bond motifs is 1. The summed E-state index contributed by atoms with van der Waals surface area (Å²) in [6, 6.07) is 0.335. The first kappa shape index (κ1) is 16.8. The van der Waals surface area contributed by atoms with E-state index in [1.54, 1.807) is 0 Å². The van der Waals surface area contributed by atoms with Gasteiger partial charge in [0.1, 0.15) is 5.82 Å². The quantitative estimate of drug-likeness (QED) is 0.716. The topological polar surface area (TPSA) is 81.4 Å². The molecule has 0 aliphatic carbocycles. The highest BCUT2D eigenvalue weighted by molar-refractivity contribution is 4.98. The zero-order valence-electron chi connectivity index (χ0n) is 13.9. The summed E-state index contributed by atoms with van der Waals surface area (Å²) in [6.45, 7) is 5.22. The van der Waals surface area contributed by atoms with Gasteiger partial charge in [0, 0.05) is 32.0 Å². The van der Waals surface area contributed by atoms with Crippen LogP contribution in [0.2, 0.25) is 0 Å². The normalized spacial score (nSPS) is 25.5. The monoisotopic (exact) mass is 324 g/mol. The molecule has 0 radical (unpaired) electrons. The predicted octanol–water partition coefficient (Wildman–Crippen LogP) is 0.301. The maximum absolute atomic E-state index is 10.0. The Morgan fingerprint density at radius 3 is 3.17 bits per heavy atom. The van der Waals surface area contributed by atoms with Crippen molar-refractivity contribution >= 4 is 0 Å². The summed E-state index contributed by atoms with van der Waals surface area (Å²) in [5.74, 6) is 2.00. The maximum Gasteiger partial charge on any atom is 0.150 e. The van der Waals surface area contributed by atoms with Crippen LogP contribution in [0.3, 0.4) is 0 Å². The van der Waals surface area contributed by atoms with Gasteiger partial charge in [-0.25, -0.2) is 9.67 Å². The zero-order chi connectivity index (χ0) is 16.1. The molecule has 7 nitrogen and oxygen atoms in total. The number of aliphatic hydroxyl groups excluding tert-OH is 1. The van der Waals surface area contributed by atoms with Crippen LogP contribution in [-0.2, 0) is 28.9 Å². The van der Waals surface area contributed by atoms with Crippen LogP contribution in [0.25, 0.3) is 0 Å². The Bertz CT molecular complexity index is 488. The number of aliphatic hydroxyl groups is 1. The number of ether oxygens (including phenoxy) is 2. The summed E-state index contributed by atoms with van der Waals surface area (Å²) in [7, 11) is 0. The summed E-state index contributed by atoms with van der Waals surface area (Å²) in [6.07, 6.45) is 4.76. The first-order valence-electron chi connectivity index (χ1n) is 8.78. The first-order valence-corrected chi connectivity index (χ1v) is 8.78. The largest absolute Gasteiger partial charge is 0.389 e. The number of rotatable bonds is 8. The van der Waals surface area contributed by atoms with Crippen LogP contribution in [0.4, 0.5) is 0 Å². The molecule has 0 aromatic carbocycles. The Kier molecular flexibility index (Phi) is 5.99. The average Bonchev–Trinajstić information content (AvgIpc) is 3.21. The lowest BCUT2D eigenvalue weighted by Crippen LogP contribution is -2.42. The Labute approximate surface area is 137 Å². The van der Waals surface area contributed by atoms with Crippen LogP contribution < -0.4 is 5.32 Å².